The maximum Gasteiger partial charge on any atom is 0.0670 e. The molecule has 0 aromatic rings. The molecule has 0 radical (unpaired) electrons. The van der Waals surface area contributed by atoms with Crippen molar-refractivity contribution in [1.29, 1.82) is 0 Å². The summed E-state index contributed by atoms with van der Waals surface area (Å²) in [5.74, 6) is 0. The summed E-state index contributed by atoms with van der Waals surface area (Å²) < 4.78 is 5.32. The van der Waals surface area contributed by atoms with Crippen molar-refractivity contribution in [3.8, 4) is 0 Å². The van der Waals surface area contributed by atoms with Crippen molar-refractivity contribution < 1.29 is 4.74 Å². The van der Waals surface area contributed by atoms with Crippen molar-refractivity contribution in [2.24, 2.45) is 0 Å². The average molecular weight is 214 g/mol. The highest BCUT2D eigenvalue weighted by Gasteiger charge is 2.25. The van der Waals surface area contributed by atoms with Crippen LogP contribution < -0.4 is 5.32 Å². The van der Waals surface area contributed by atoms with Gasteiger partial charge in [0.15, 0.2) is 0 Å². The lowest BCUT2D eigenvalue weighted by molar-refractivity contribution is 0.0721. The summed E-state index contributed by atoms with van der Waals surface area (Å²) in [6.45, 7) is 9.98. The van der Waals surface area contributed by atoms with Crippen molar-refractivity contribution in [2.45, 2.75) is 51.8 Å². The largest absolute Gasteiger partial charge is 0.380 e. The van der Waals surface area contributed by atoms with Gasteiger partial charge >= 0.3 is 0 Å². The lowest BCUT2D eigenvalue weighted by atomic mass is 10.2. The highest BCUT2D eigenvalue weighted by atomic mass is 16.5. The molecule has 1 heterocycles. The predicted octanol–water partition coefficient (Wildman–Crippen LogP) is 1.48. The molecular formula is C12H26N2O. The van der Waals surface area contributed by atoms with E-state index in [0.29, 0.717) is 18.2 Å². The van der Waals surface area contributed by atoms with Gasteiger partial charge in [-0.2, -0.15) is 0 Å². The SMILES string of the molecule is COC(C)CN1CCCC1CNC(C)C. The van der Waals surface area contributed by atoms with Gasteiger partial charge in [-0.05, 0) is 26.3 Å². The van der Waals surface area contributed by atoms with E-state index in [1.165, 1.54) is 19.4 Å². The smallest absolute Gasteiger partial charge is 0.0670 e. The molecule has 90 valence electrons. The fourth-order valence-corrected chi connectivity index (χ4v) is 2.14. The molecule has 0 aliphatic carbocycles. The number of methoxy groups -OCH3 is 1. The minimum atomic E-state index is 0.352. The van der Waals surface area contributed by atoms with E-state index >= 15 is 0 Å². The summed E-state index contributed by atoms with van der Waals surface area (Å²) in [5.41, 5.74) is 0. The number of rotatable bonds is 6. The number of hydrogen-bond donors (Lipinski definition) is 1. The van der Waals surface area contributed by atoms with Crippen LogP contribution in [0.15, 0.2) is 0 Å². The molecule has 0 aromatic heterocycles. The predicted molar refractivity (Wildman–Crippen MR) is 64.2 cm³/mol. The van der Waals surface area contributed by atoms with Crippen molar-refractivity contribution in [3.63, 3.8) is 0 Å². The van der Waals surface area contributed by atoms with Gasteiger partial charge in [-0.1, -0.05) is 13.8 Å². The molecule has 1 aliphatic rings. The molecule has 1 N–H and O–H groups in total. The molecule has 0 bridgehead atoms. The summed E-state index contributed by atoms with van der Waals surface area (Å²) in [4.78, 5) is 2.56. The van der Waals surface area contributed by atoms with Crippen LogP contribution in [-0.2, 0) is 4.74 Å². The highest BCUT2D eigenvalue weighted by Crippen LogP contribution is 2.17. The van der Waals surface area contributed by atoms with E-state index in [4.69, 9.17) is 4.74 Å². The number of ether oxygens (including phenoxy) is 1. The highest BCUT2D eigenvalue weighted by molar-refractivity contribution is 4.82. The molecule has 0 amide bonds. The zero-order chi connectivity index (χ0) is 11.3. The minimum absolute atomic E-state index is 0.352. The third kappa shape index (κ3) is 4.49. The van der Waals surface area contributed by atoms with Crippen LogP contribution in [0, 0.1) is 0 Å². The summed E-state index contributed by atoms with van der Waals surface area (Å²) in [6.07, 6.45) is 3.02. The number of nitrogens with one attached hydrogen (secondary N) is 1. The van der Waals surface area contributed by atoms with Gasteiger partial charge in [-0.3, -0.25) is 4.90 Å². The molecule has 2 unspecified atom stereocenters. The Kier molecular flexibility index (Phi) is 5.58. The van der Waals surface area contributed by atoms with Gasteiger partial charge in [-0.25, -0.2) is 0 Å². The zero-order valence-corrected chi connectivity index (χ0v) is 10.6. The molecule has 1 rings (SSSR count). The van der Waals surface area contributed by atoms with Gasteiger partial charge in [0, 0.05) is 32.3 Å². The van der Waals surface area contributed by atoms with Gasteiger partial charge in [0.05, 0.1) is 6.10 Å². The second-order valence-electron chi connectivity index (χ2n) is 4.90. The first-order valence-corrected chi connectivity index (χ1v) is 6.13. The fraction of sp³-hybridized carbons (Fsp3) is 1.00. The van der Waals surface area contributed by atoms with Crippen molar-refractivity contribution >= 4 is 0 Å². The van der Waals surface area contributed by atoms with Gasteiger partial charge in [0.1, 0.15) is 0 Å². The van der Waals surface area contributed by atoms with Crippen molar-refractivity contribution in [3.05, 3.63) is 0 Å². The molecule has 3 heteroatoms. The number of hydrogen-bond acceptors (Lipinski definition) is 3. The minimum Gasteiger partial charge on any atom is -0.380 e. The van der Waals surface area contributed by atoms with Crippen LogP contribution in [0.2, 0.25) is 0 Å². The van der Waals surface area contributed by atoms with Crippen LogP contribution in [0.5, 0.6) is 0 Å². The maximum atomic E-state index is 5.32. The standard InChI is InChI=1S/C12H26N2O/c1-10(2)13-8-12-6-5-7-14(12)9-11(3)15-4/h10-13H,5-9H2,1-4H3. The second kappa shape index (κ2) is 6.46. The van der Waals surface area contributed by atoms with Crippen LogP contribution >= 0.6 is 0 Å². The normalized spacial score (nSPS) is 25.0. The number of likely N-dealkylation sites (tertiary alicyclic amines) is 1. The third-order valence-corrected chi connectivity index (χ3v) is 3.15. The Balaban J connectivity index is 2.29. The Hall–Kier alpha value is -0.120. The molecule has 3 nitrogen and oxygen atoms in total. The Morgan fingerprint density at radius 2 is 2.13 bits per heavy atom. The Bertz CT molecular complexity index is 173. The quantitative estimate of drug-likeness (QED) is 0.725. The van der Waals surface area contributed by atoms with Crippen molar-refractivity contribution in [2.75, 3.05) is 26.7 Å². The summed E-state index contributed by atoms with van der Waals surface area (Å²) >= 11 is 0. The lowest BCUT2D eigenvalue weighted by Crippen LogP contribution is -2.43. The molecule has 1 saturated heterocycles. The van der Waals surface area contributed by atoms with Crippen molar-refractivity contribution in [1.82, 2.24) is 10.2 Å². The molecule has 15 heavy (non-hydrogen) atoms. The Labute approximate surface area is 94.2 Å². The molecule has 0 saturated carbocycles. The summed E-state index contributed by atoms with van der Waals surface area (Å²) in [6, 6.07) is 1.30. The maximum absolute atomic E-state index is 5.32. The van der Waals surface area contributed by atoms with Gasteiger partial charge in [-0.15, -0.1) is 0 Å². The van der Waals surface area contributed by atoms with Gasteiger partial charge in [0.2, 0.25) is 0 Å². The van der Waals surface area contributed by atoms with Gasteiger partial charge in [0.25, 0.3) is 0 Å². The van der Waals surface area contributed by atoms with Crippen LogP contribution in [0.4, 0.5) is 0 Å². The Morgan fingerprint density at radius 3 is 2.73 bits per heavy atom. The lowest BCUT2D eigenvalue weighted by Gasteiger charge is -2.27. The summed E-state index contributed by atoms with van der Waals surface area (Å²) in [5, 5.41) is 3.53. The third-order valence-electron chi connectivity index (χ3n) is 3.15. The Morgan fingerprint density at radius 1 is 1.40 bits per heavy atom. The first-order chi connectivity index (χ1) is 7.13. The van der Waals surface area contributed by atoms with Crippen LogP contribution in [-0.4, -0.2) is 49.8 Å². The van der Waals surface area contributed by atoms with E-state index in [-0.39, 0.29) is 0 Å². The van der Waals surface area contributed by atoms with E-state index in [0.717, 1.165) is 13.1 Å². The topological polar surface area (TPSA) is 24.5 Å². The second-order valence-corrected chi connectivity index (χ2v) is 4.90. The van der Waals surface area contributed by atoms with E-state index in [9.17, 15) is 0 Å². The zero-order valence-electron chi connectivity index (χ0n) is 10.6. The van der Waals surface area contributed by atoms with Crippen LogP contribution in [0.25, 0.3) is 0 Å². The summed E-state index contributed by atoms with van der Waals surface area (Å²) in [7, 11) is 1.79. The van der Waals surface area contributed by atoms with Crippen LogP contribution in [0.3, 0.4) is 0 Å². The van der Waals surface area contributed by atoms with E-state index in [1.54, 1.807) is 7.11 Å². The molecule has 0 spiro atoms. The molecule has 1 aliphatic heterocycles. The molecule has 2 atom stereocenters. The van der Waals surface area contributed by atoms with Gasteiger partial charge < -0.3 is 10.1 Å². The van der Waals surface area contributed by atoms with Crippen LogP contribution in [0.1, 0.15) is 33.6 Å². The van der Waals surface area contributed by atoms with E-state index in [1.807, 2.05) is 0 Å². The fourth-order valence-electron chi connectivity index (χ4n) is 2.14. The van der Waals surface area contributed by atoms with E-state index in [2.05, 4.69) is 31.0 Å². The number of nitrogens with zero attached hydrogens (tertiary/aromatic N) is 1. The molecular weight excluding hydrogens is 188 g/mol. The van der Waals surface area contributed by atoms with E-state index < -0.39 is 0 Å². The molecule has 0 aromatic carbocycles. The monoisotopic (exact) mass is 214 g/mol. The molecule has 1 fully saturated rings. The first kappa shape index (κ1) is 12.9. The first-order valence-electron chi connectivity index (χ1n) is 6.13. The average Bonchev–Trinajstić information content (AvgIpc) is 2.62.